The summed E-state index contributed by atoms with van der Waals surface area (Å²) in [6, 6.07) is 3.80. The minimum atomic E-state index is -1.07. The van der Waals surface area contributed by atoms with Gasteiger partial charge in [-0.05, 0) is 31.5 Å². The molecule has 2 unspecified atom stereocenters. The van der Waals surface area contributed by atoms with Crippen LogP contribution in [0.3, 0.4) is 0 Å². The summed E-state index contributed by atoms with van der Waals surface area (Å²) in [5.41, 5.74) is 0.380. The number of methoxy groups -OCH3 is 1. The molecule has 114 valence electrons. The number of nitrogens with one attached hydrogen (secondary N) is 2. The van der Waals surface area contributed by atoms with Gasteiger partial charge in [-0.3, -0.25) is 0 Å². The molecule has 0 bridgehead atoms. The number of urea groups is 1. The lowest BCUT2D eigenvalue weighted by atomic mass is 10.1. The fourth-order valence-corrected chi connectivity index (χ4v) is 2.19. The lowest BCUT2D eigenvalue weighted by Gasteiger charge is -2.17. The highest BCUT2D eigenvalue weighted by Gasteiger charge is 2.25. The van der Waals surface area contributed by atoms with E-state index in [1.807, 2.05) is 6.92 Å². The Hall–Kier alpha value is -2.28. The van der Waals surface area contributed by atoms with Crippen molar-refractivity contribution < 1.29 is 24.2 Å². The van der Waals surface area contributed by atoms with Gasteiger partial charge in [0.1, 0.15) is 5.75 Å². The van der Waals surface area contributed by atoms with Crippen molar-refractivity contribution in [1.82, 2.24) is 5.32 Å². The topological polar surface area (TPSA) is 96.9 Å². The van der Waals surface area contributed by atoms with Gasteiger partial charge in [-0.15, -0.1) is 0 Å². The lowest BCUT2D eigenvalue weighted by Crippen LogP contribution is -2.41. The molecule has 7 heteroatoms. The molecule has 0 radical (unpaired) electrons. The Kier molecular flexibility index (Phi) is 4.64. The highest BCUT2D eigenvalue weighted by molar-refractivity contribution is 5.94. The van der Waals surface area contributed by atoms with E-state index in [-0.39, 0.29) is 17.7 Å². The summed E-state index contributed by atoms with van der Waals surface area (Å²) in [6.07, 6.45) is 0.712. The normalized spacial score (nSPS) is 20.9. The summed E-state index contributed by atoms with van der Waals surface area (Å²) in [6.45, 7) is 2.51. The zero-order valence-corrected chi connectivity index (χ0v) is 11.9. The van der Waals surface area contributed by atoms with E-state index >= 15 is 0 Å². The van der Waals surface area contributed by atoms with Gasteiger partial charge in [0, 0.05) is 6.61 Å². The average Bonchev–Trinajstić information content (AvgIpc) is 2.84. The molecule has 21 heavy (non-hydrogen) atoms. The van der Waals surface area contributed by atoms with Crippen LogP contribution >= 0.6 is 0 Å². The summed E-state index contributed by atoms with van der Waals surface area (Å²) in [4.78, 5) is 23.0. The molecule has 1 aromatic rings. The van der Waals surface area contributed by atoms with E-state index in [4.69, 9.17) is 14.6 Å². The minimum Gasteiger partial charge on any atom is -0.495 e. The molecule has 0 spiro atoms. The van der Waals surface area contributed by atoms with Crippen LogP contribution in [0.4, 0.5) is 10.5 Å². The maximum absolute atomic E-state index is 12.0. The summed E-state index contributed by atoms with van der Waals surface area (Å²) in [5.74, 6) is -0.676. The number of amides is 2. The minimum absolute atomic E-state index is 0.0389. The molecule has 2 atom stereocenters. The van der Waals surface area contributed by atoms with Crippen LogP contribution < -0.4 is 15.4 Å². The molecule has 0 saturated carbocycles. The number of carboxylic acid groups (broad SMARTS) is 1. The molecule has 1 aliphatic heterocycles. The molecular weight excluding hydrogens is 276 g/mol. The van der Waals surface area contributed by atoms with Gasteiger partial charge in [0.15, 0.2) is 0 Å². The summed E-state index contributed by atoms with van der Waals surface area (Å²) in [7, 11) is 1.45. The number of aromatic carboxylic acids is 1. The third kappa shape index (κ3) is 3.63. The number of benzene rings is 1. The van der Waals surface area contributed by atoms with Crippen LogP contribution in [0, 0.1) is 0 Å². The van der Waals surface area contributed by atoms with E-state index in [1.54, 1.807) is 0 Å². The lowest BCUT2D eigenvalue weighted by molar-refractivity contribution is 0.0697. The number of carboxylic acids is 1. The Bertz CT molecular complexity index is 546. The second-order valence-electron chi connectivity index (χ2n) is 4.79. The van der Waals surface area contributed by atoms with Gasteiger partial charge in [0.25, 0.3) is 0 Å². The second kappa shape index (κ2) is 6.45. The quantitative estimate of drug-likeness (QED) is 0.785. The first-order chi connectivity index (χ1) is 10.0. The number of carbonyl (C=O) groups excluding carboxylic acids is 1. The van der Waals surface area contributed by atoms with E-state index in [2.05, 4.69) is 10.6 Å². The SMILES string of the molecule is COc1ccc(C(=O)O)cc1NC(=O)NC1CCOC1C. The van der Waals surface area contributed by atoms with Crippen molar-refractivity contribution in [2.45, 2.75) is 25.5 Å². The maximum atomic E-state index is 12.0. The van der Waals surface area contributed by atoms with Crippen molar-refractivity contribution in [3.05, 3.63) is 23.8 Å². The number of anilines is 1. The summed E-state index contributed by atoms with van der Waals surface area (Å²) in [5, 5.41) is 14.4. The molecule has 2 rings (SSSR count). The highest BCUT2D eigenvalue weighted by atomic mass is 16.5. The molecular formula is C14H18N2O5. The standard InChI is InChI=1S/C14H18N2O5/c1-8-10(5-6-21-8)15-14(19)16-11-7-9(13(17)18)3-4-12(11)20-2/h3-4,7-8,10H,5-6H2,1-2H3,(H,17,18)(H2,15,16,19). The number of carbonyl (C=O) groups is 2. The monoisotopic (exact) mass is 294 g/mol. The predicted molar refractivity (Wildman–Crippen MR) is 75.9 cm³/mol. The molecule has 2 amide bonds. The van der Waals surface area contributed by atoms with Gasteiger partial charge in [0.05, 0.1) is 30.5 Å². The molecule has 1 fully saturated rings. The van der Waals surface area contributed by atoms with Gasteiger partial charge in [-0.2, -0.15) is 0 Å². The van der Waals surface area contributed by atoms with Crippen molar-refractivity contribution >= 4 is 17.7 Å². The Balaban J connectivity index is 2.08. The number of ether oxygens (including phenoxy) is 2. The Morgan fingerprint density at radius 2 is 2.19 bits per heavy atom. The molecule has 0 aliphatic carbocycles. The highest BCUT2D eigenvalue weighted by Crippen LogP contribution is 2.25. The van der Waals surface area contributed by atoms with E-state index in [9.17, 15) is 9.59 Å². The van der Waals surface area contributed by atoms with Crippen LogP contribution in [0.1, 0.15) is 23.7 Å². The van der Waals surface area contributed by atoms with Crippen molar-refractivity contribution in [2.24, 2.45) is 0 Å². The summed E-state index contributed by atoms with van der Waals surface area (Å²) >= 11 is 0. The van der Waals surface area contributed by atoms with Gasteiger partial charge in [-0.1, -0.05) is 0 Å². The van der Waals surface area contributed by atoms with E-state index in [0.717, 1.165) is 6.42 Å². The number of hydrogen-bond acceptors (Lipinski definition) is 4. The van der Waals surface area contributed by atoms with Crippen molar-refractivity contribution in [1.29, 1.82) is 0 Å². The largest absolute Gasteiger partial charge is 0.495 e. The van der Waals surface area contributed by atoms with Crippen LogP contribution in [0.2, 0.25) is 0 Å². The molecule has 1 heterocycles. The third-order valence-electron chi connectivity index (χ3n) is 3.39. The van der Waals surface area contributed by atoms with Crippen LogP contribution in [-0.2, 0) is 4.74 Å². The molecule has 7 nitrogen and oxygen atoms in total. The molecule has 0 aromatic heterocycles. The zero-order chi connectivity index (χ0) is 15.4. The maximum Gasteiger partial charge on any atom is 0.335 e. The van der Waals surface area contributed by atoms with E-state index in [0.29, 0.717) is 18.0 Å². The summed E-state index contributed by atoms with van der Waals surface area (Å²) < 4.78 is 10.5. The fourth-order valence-electron chi connectivity index (χ4n) is 2.19. The zero-order valence-electron chi connectivity index (χ0n) is 11.9. The Morgan fingerprint density at radius 3 is 2.76 bits per heavy atom. The fraction of sp³-hybridized carbons (Fsp3) is 0.429. The van der Waals surface area contributed by atoms with Crippen LogP contribution in [0.15, 0.2) is 18.2 Å². The Labute approximate surface area is 122 Å². The van der Waals surface area contributed by atoms with Crippen LogP contribution in [0.25, 0.3) is 0 Å². The first-order valence-corrected chi connectivity index (χ1v) is 6.61. The molecule has 1 aromatic carbocycles. The predicted octanol–water partition coefficient (Wildman–Crippen LogP) is 1.69. The second-order valence-corrected chi connectivity index (χ2v) is 4.79. The van der Waals surface area contributed by atoms with Crippen molar-refractivity contribution in [2.75, 3.05) is 19.0 Å². The van der Waals surface area contributed by atoms with Gasteiger partial charge >= 0.3 is 12.0 Å². The first-order valence-electron chi connectivity index (χ1n) is 6.61. The van der Waals surface area contributed by atoms with Crippen LogP contribution in [-0.4, -0.2) is 43.0 Å². The van der Waals surface area contributed by atoms with Crippen molar-refractivity contribution in [3.8, 4) is 5.75 Å². The first kappa shape index (κ1) is 15.1. The van der Waals surface area contributed by atoms with E-state index < -0.39 is 12.0 Å². The molecule has 1 aliphatic rings. The van der Waals surface area contributed by atoms with Gasteiger partial charge in [-0.25, -0.2) is 9.59 Å². The molecule has 3 N–H and O–H groups in total. The van der Waals surface area contributed by atoms with Crippen LogP contribution in [0.5, 0.6) is 5.75 Å². The number of hydrogen-bond donors (Lipinski definition) is 3. The van der Waals surface area contributed by atoms with Gasteiger partial charge < -0.3 is 25.2 Å². The third-order valence-corrected chi connectivity index (χ3v) is 3.39. The Morgan fingerprint density at radius 1 is 1.43 bits per heavy atom. The molecule has 1 saturated heterocycles. The number of rotatable bonds is 4. The van der Waals surface area contributed by atoms with E-state index in [1.165, 1.54) is 25.3 Å². The van der Waals surface area contributed by atoms with Crippen molar-refractivity contribution in [3.63, 3.8) is 0 Å². The average molecular weight is 294 g/mol. The smallest absolute Gasteiger partial charge is 0.335 e. The van der Waals surface area contributed by atoms with Gasteiger partial charge in [0.2, 0.25) is 0 Å².